The molecule has 0 aliphatic heterocycles. The van der Waals surface area contributed by atoms with Crippen molar-refractivity contribution in [1.29, 1.82) is 0 Å². The third kappa shape index (κ3) is 4.70. The second-order valence-electron chi connectivity index (χ2n) is 10.5. The highest BCUT2D eigenvalue weighted by molar-refractivity contribution is 7.90. The van der Waals surface area contributed by atoms with Gasteiger partial charge in [-0.15, -0.1) is 0 Å². The fourth-order valence-electron chi connectivity index (χ4n) is 5.80. The van der Waals surface area contributed by atoms with Crippen LogP contribution >= 0.6 is 0 Å². The average Bonchev–Trinajstić information content (AvgIpc) is 3.24. The largest absolute Gasteiger partial charge is 0.412 e. The van der Waals surface area contributed by atoms with Gasteiger partial charge >= 0.3 is 0 Å². The smallest absolute Gasteiger partial charge is 0.268 e. The minimum Gasteiger partial charge on any atom is -0.412 e. The van der Waals surface area contributed by atoms with Gasteiger partial charge in [0, 0.05) is 5.39 Å². The summed E-state index contributed by atoms with van der Waals surface area (Å²) in [5, 5.41) is 0.889. The van der Waals surface area contributed by atoms with Gasteiger partial charge in [-0.1, -0.05) is 96.1 Å². The van der Waals surface area contributed by atoms with E-state index in [1.54, 1.807) is 24.3 Å². The van der Waals surface area contributed by atoms with Crippen molar-refractivity contribution >= 4 is 29.2 Å². The minimum absolute atomic E-state index is 0.272. The molecule has 0 aliphatic rings. The van der Waals surface area contributed by atoms with Gasteiger partial charge < -0.3 is 4.43 Å². The van der Waals surface area contributed by atoms with E-state index >= 15 is 0 Å². The Hall–Kier alpha value is -2.67. The summed E-state index contributed by atoms with van der Waals surface area (Å²) in [7, 11) is -5.80. The average molecular weight is 520 g/mol. The molecule has 0 N–H and O–H groups in total. The van der Waals surface area contributed by atoms with Crippen molar-refractivity contribution in [1.82, 2.24) is 3.97 Å². The molecule has 4 rings (SSSR count). The van der Waals surface area contributed by atoms with E-state index in [0.29, 0.717) is 34.4 Å². The second-order valence-corrected chi connectivity index (χ2v) is 17.7. The highest BCUT2D eigenvalue weighted by Crippen LogP contribution is 2.43. The monoisotopic (exact) mass is 519 g/mol. The summed E-state index contributed by atoms with van der Waals surface area (Å²) in [4.78, 5) is 0.272. The Morgan fingerprint density at radius 1 is 0.750 bits per heavy atom. The van der Waals surface area contributed by atoms with E-state index in [1.807, 2.05) is 54.6 Å². The van der Waals surface area contributed by atoms with E-state index < -0.39 is 18.3 Å². The van der Waals surface area contributed by atoms with Gasteiger partial charge in [0.1, 0.15) is 0 Å². The van der Waals surface area contributed by atoms with Gasteiger partial charge in [0.05, 0.1) is 22.7 Å². The van der Waals surface area contributed by atoms with Crippen molar-refractivity contribution in [2.45, 2.75) is 69.7 Å². The van der Waals surface area contributed by atoms with Crippen LogP contribution in [0, 0.1) is 0 Å². The molecule has 0 saturated carbocycles. The molecule has 190 valence electrons. The molecule has 0 radical (unpaired) electrons. The number of hydrogen-bond acceptors (Lipinski definition) is 3. The predicted molar refractivity (Wildman–Crippen MR) is 152 cm³/mol. The fraction of sp³-hybridized carbons (Fsp3) is 0.333. The molecular formula is C30H37NO3SSi. The topological polar surface area (TPSA) is 48.3 Å². The first-order valence-corrected chi connectivity index (χ1v) is 16.3. The zero-order valence-corrected chi connectivity index (χ0v) is 23.9. The Morgan fingerprint density at radius 3 is 1.86 bits per heavy atom. The molecule has 3 aromatic carbocycles. The van der Waals surface area contributed by atoms with Gasteiger partial charge in [-0.25, -0.2) is 12.4 Å². The molecule has 0 aliphatic carbocycles. The zero-order valence-electron chi connectivity index (χ0n) is 22.1. The maximum absolute atomic E-state index is 13.8. The molecular weight excluding hydrogens is 482 g/mol. The summed E-state index contributed by atoms with van der Waals surface area (Å²) in [5.74, 6) is 0. The molecule has 36 heavy (non-hydrogen) atoms. The third-order valence-corrected chi connectivity index (χ3v) is 15.2. The van der Waals surface area contributed by atoms with E-state index in [4.69, 9.17) is 4.43 Å². The molecule has 4 aromatic rings. The first kappa shape index (κ1) is 26.4. The molecule has 0 unspecified atom stereocenters. The number of rotatable bonds is 9. The Labute approximate surface area is 217 Å². The summed E-state index contributed by atoms with van der Waals surface area (Å²) in [6.07, 6.45) is 0. The number of benzene rings is 3. The van der Waals surface area contributed by atoms with Crippen molar-refractivity contribution in [3.8, 4) is 11.3 Å². The van der Waals surface area contributed by atoms with Crippen LogP contribution in [0.25, 0.3) is 22.2 Å². The second kappa shape index (κ2) is 10.4. The summed E-state index contributed by atoms with van der Waals surface area (Å²) in [6, 6.07) is 26.3. The lowest BCUT2D eigenvalue weighted by atomic mass is 10.1. The molecule has 1 aromatic heterocycles. The van der Waals surface area contributed by atoms with Crippen molar-refractivity contribution in [3.05, 3.63) is 90.5 Å². The maximum Gasteiger partial charge on any atom is 0.268 e. The van der Waals surface area contributed by atoms with E-state index in [-0.39, 0.29) is 4.90 Å². The number of fused-ring (bicyclic) bond motifs is 1. The fourth-order valence-corrected chi connectivity index (χ4v) is 12.8. The first-order valence-electron chi connectivity index (χ1n) is 12.7. The third-order valence-electron chi connectivity index (χ3n) is 7.37. The van der Waals surface area contributed by atoms with E-state index in [9.17, 15) is 8.42 Å². The molecule has 4 nitrogen and oxygen atoms in total. The highest BCUT2D eigenvalue weighted by atomic mass is 32.2. The molecule has 0 amide bonds. The zero-order chi connectivity index (χ0) is 26.1. The van der Waals surface area contributed by atoms with Crippen LogP contribution in [0.5, 0.6) is 0 Å². The standard InChI is InChI=1S/C30H37NO3SSi/c1-22(2)36(23(3)4,24(5)6)34-21-25-17-18-29-27(19-25)20-30(26-13-9-7-10-14-26)31(29)35(32,33)28-15-11-8-12-16-28/h7-20,22-24H,21H2,1-6H3. The normalized spacial score (nSPS) is 12.8. The van der Waals surface area contributed by atoms with Gasteiger partial charge in [-0.2, -0.15) is 0 Å². The summed E-state index contributed by atoms with van der Waals surface area (Å²) >= 11 is 0. The van der Waals surface area contributed by atoms with Gasteiger partial charge in [0.2, 0.25) is 8.32 Å². The number of aromatic nitrogens is 1. The van der Waals surface area contributed by atoms with Gasteiger partial charge in [0.15, 0.2) is 0 Å². The Bertz CT molecular complexity index is 1400. The quantitative estimate of drug-likeness (QED) is 0.209. The molecule has 0 spiro atoms. The molecule has 0 bridgehead atoms. The molecule has 6 heteroatoms. The van der Waals surface area contributed by atoms with E-state index in [2.05, 4.69) is 47.6 Å². The highest BCUT2D eigenvalue weighted by Gasteiger charge is 2.45. The van der Waals surface area contributed by atoms with E-state index in [0.717, 1.165) is 16.5 Å². The Kier molecular flexibility index (Phi) is 7.60. The van der Waals surface area contributed by atoms with Crippen LogP contribution in [-0.4, -0.2) is 20.7 Å². The van der Waals surface area contributed by atoms with Gasteiger partial charge in [-0.3, -0.25) is 0 Å². The van der Waals surface area contributed by atoms with Crippen LogP contribution in [0.15, 0.2) is 89.8 Å². The molecule has 0 atom stereocenters. The number of nitrogens with zero attached hydrogens (tertiary/aromatic N) is 1. The van der Waals surface area contributed by atoms with E-state index in [1.165, 1.54) is 3.97 Å². The van der Waals surface area contributed by atoms with Crippen LogP contribution in [0.3, 0.4) is 0 Å². The van der Waals surface area contributed by atoms with Gasteiger partial charge in [-0.05, 0) is 58.1 Å². The van der Waals surface area contributed by atoms with Crippen molar-refractivity contribution < 1.29 is 12.8 Å². The summed E-state index contributed by atoms with van der Waals surface area (Å²) in [5.41, 5.74) is 4.76. The molecule has 0 fully saturated rings. The van der Waals surface area contributed by atoms with Crippen LogP contribution in [0.4, 0.5) is 0 Å². The van der Waals surface area contributed by atoms with Crippen LogP contribution in [-0.2, 0) is 21.1 Å². The summed E-state index contributed by atoms with van der Waals surface area (Å²) < 4.78 is 35.9. The van der Waals surface area contributed by atoms with Crippen molar-refractivity contribution in [2.75, 3.05) is 0 Å². The Balaban J connectivity index is 1.82. The lowest BCUT2D eigenvalue weighted by Crippen LogP contribution is -2.47. The Morgan fingerprint density at radius 2 is 1.31 bits per heavy atom. The first-order chi connectivity index (χ1) is 17.1. The minimum atomic E-state index is -3.79. The van der Waals surface area contributed by atoms with Crippen LogP contribution < -0.4 is 0 Å². The lowest BCUT2D eigenvalue weighted by Gasteiger charge is -2.42. The number of hydrogen-bond donors (Lipinski definition) is 0. The van der Waals surface area contributed by atoms with Crippen molar-refractivity contribution in [3.63, 3.8) is 0 Å². The predicted octanol–water partition coefficient (Wildman–Crippen LogP) is 8.24. The van der Waals surface area contributed by atoms with Crippen LogP contribution in [0.1, 0.15) is 47.1 Å². The van der Waals surface area contributed by atoms with Crippen molar-refractivity contribution in [2.24, 2.45) is 0 Å². The summed E-state index contributed by atoms with van der Waals surface area (Å²) in [6.45, 7) is 14.3. The lowest BCUT2D eigenvalue weighted by molar-refractivity contribution is 0.266. The molecule has 1 heterocycles. The van der Waals surface area contributed by atoms with Crippen LogP contribution in [0.2, 0.25) is 16.6 Å². The SMILES string of the molecule is CC(C)[Si](OCc1ccc2c(c1)cc(-c1ccccc1)n2S(=O)(=O)c1ccccc1)(C(C)C)C(C)C. The molecule has 0 saturated heterocycles. The maximum atomic E-state index is 13.8. The van der Waals surface area contributed by atoms with Gasteiger partial charge in [0.25, 0.3) is 10.0 Å².